The quantitative estimate of drug-likeness (QED) is 0.925. The smallest absolute Gasteiger partial charge is 0.261 e. The number of hydrogen-bond acceptors (Lipinski definition) is 4. The molecule has 0 atom stereocenters. The number of amides is 1. The molecule has 6 heteroatoms. The van der Waals surface area contributed by atoms with E-state index in [2.05, 4.69) is 29.4 Å². The van der Waals surface area contributed by atoms with Crippen molar-refractivity contribution in [2.75, 3.05) is 11.9 Å². The van der Waals surface area contributed by atoms with Gasteiger partial charge in [-0.2, -0.15) is 0 Å². The van der Waals surface area contributed by atoms with Gasteiger partial charge in [-0.05, 0) is 18.9 Å². The van der Waals surface area contributed by atoms with Crippen molar-refractivity contribution in [1.29, 1.82) is 0 Å². The van der Waals surface area contributed by atoms with Gasteiger partial charge < -0.3 is 4.74 Å². The lowest BCUT2D eigenvalue weighted by atomic mass is 9.86. The summed E-state index contributed by atoms with van der Waals surface area (Å²) in [6, 6.07) is 5.73. The van der Waals surface area contributed by atoms with Crippen LogP contribution in [0.4, 0.5) is 5.95 Å². The number of carbonyl (C=O) groups excluding carboxylic acids is 1. The van der Waals surface area contributed by atoms with Crippen LogP contribution in [0.3, 0.4) is 0 Å². The molecule has 2 aromatic rings. The van der Waals surface area contributed by atoms with Crippen molar-refractivity contribution in [1.82, 2.24) is 14.8 Å². The zero-order valence-corrected chi connectivity index (χ0v) is 13.4. The molecule has 2 aliphatic rings. The third-order valence-electron chi connectivity index (χ3n) is 4.65. The van der Waals surface area contributed by atoms with Gasteiger partial charge in [0.1, 0.15) is 11.6 Å². The summed E-state index contributed by atoms with van der Waals surface area (Å²) in [5.41, 5.74) is 1.56. The average molecular weight is 312 g/mol. The van der Waals surface area contributed by atoms with Crippen LogP contribution in [-0.2, 0) is 18.4 Å². The van der Waals surface area contributed by atoms with Crippen molar-refractivity contribution in [3.63, 3.8) is 0 Å². The van der Waals surface area contributed by atoms with Crippen LogP contribution in [-0.4, -0.2) is 27.3 Å². The summed E-state index contributed by atoms with van der Waals surface area (Å²) >= 11 is 0. The molecule has 0 saturated heterocycles. The average Bonchev–Trinajstić information content (AvgIpc) is 3.09. The molecule has 1 N–H and O–H groups in total. The zero-order valence-electron chi connectivity index (χ0n) is 13.4. The lowest BCUT2D eigenvalue weighted by Gasteiger charge is -2.16. The molecular formula is C17H20N4O2. The molecule has 4 rings (SSSR count). The molecule has 0 radical (unpaired) electrons. The number of rotatable bonds is 2. The molecule has 3 heterocycles. The molecule has 0 saturated carbocycles. The van der Waals surface area contributed by atoms with E-state index < -0.39 is 0 Å². The van der Waals surface area contributed by atoms with Crippen LogP contribution >= 0.6 is 0 Å². The number of benzene rings is 1. The van der Waals surface area contributed by atoms with Crippen LogP contribution in [0.25, 0.3) is 0 Å². The van der Waals surface area contributed by atoms with E-state index in [-0.39, 0.29) is 11.3 Å². The molecule has 0 aliphatic carbocycles. The number of nitrogens with one attached hydrogen (secondary N) is 1. The van der Waals surface area contributed by atoms with Gasteiger partial charge in [-0.1, -0.05) is 26.0 Å². The number of aryl methyl sites for hydroxylation is 1. The topological polar surface area (TPSA) is 69.0 Å². The van der Waals surface area contributed by atoms with E-state index in [1.54, 1.807) is 6.07 Å². The fourth-order valence-corrected chi connectivity index (χ4v) is 3.30. The fourth-order valence-electron chi connectivity index (χ4n) is 3.30. The Morgan fingerprint density at radius 1 is 1.30 bits per heavy atom. The van der Waals surface area contributed by atoms with E-state index in [4.69, 9.17) is 4.74 Å². The van der Waals surface area contributed by atoms with Gasteiger partial charge in [0.05, 0.1) is 12.2 Å². The number of nitrogens with zero attached hydrogens (tertiary/aromatic N) is 3. The van der Waals surface area contributed by atoms with Crippen molar-refractivity contribution in [2.24, 2.45) is 0 Å². The Morgan fingerprint density at radius 3 is 3.04 bits per heavy atom. The number of para-hydroxylation sites is 1. The molecule has 2 aliphatic heterocycles. The number of anilines is 1. The summed E-state index contributed by atoms with van der Waals surface area (Å²) in [5, 5.41) is 11.2. The Balaban J connectivity index is 1.64. The van der Waals surface area contributed by atoms with Crippen molar-refractivity contribution >= 4 is 11.9 Å². The van der Waals surface area contributed by atoms with E-state index in [0.717, 1.165) is 37.2 Å². The lowest BCUT2D eigenvalue weighted by molar-refractivity contribution is 0.102. The number of fused-ring (bicyclic) bond motifs is 2. The lowest BCUT2D eigenvalue weighted by Crippen LogP contribution is -2.19. The minimum absolute atomic E-state index is 0.0698. The maximum atomic E-state index is 12.7. The van der Waals surface area contributed by atoms with Crippen LogP contribution in [0, 0.1) is 0 Å². The minimum atomic E-state index is -0.194. The van der Waals surface area contributed by atoms with Crippen molar-refractivity contribution in [3.05, 3.63) is 35.2 Å². The Kier molecular flexibility index (Phi) is 3.14. The Hall–Kier alpha value is -2.37. The summed E-state index contributed by atoms with van der Waals surface area (Å²) in [6.07, 6.45) is 3.13. The predicted octanol–water partition coefficient (Wildman–Crippen LogP) is 2.54. The SMILES string of the molecule is CC1(C)COc2c(C(=O)Nc3nnc4n3CCCC4)cccc21. The van der Waals surface area contributed by atoms with Crippen LogP contribution < -0.4 is 10.1 Å². The summed E-state index contributed by atoms with van der Waals surface area (Å²) in [5.74, 6) is 1.97. The second-order valence-corrected chi connectivity index (χ2v) is 6.86. The standard InChI is InChI=1S/C17H20N4O2/c1-17(2)10-23-14-11(6-5-7-12(14)17)15(22)18-16-20-19-13-8-3-4-9-21(13)16/h5-7H,3-4,8-10H2,1-2H3,(H,18,20,22). The van der Waals surface area contributed by atoms with Crippen molar-refractivity contribution in [3.8, 4) is 5.75 Å². The maximum Gasteiger partial charge on any atom is 0.261 e. The first-order valence-corrected chi connectivity index (χ1v) is 8.06. The summed E-state index contributed by atoms with van der Waals surface area (Å²) in [7, 11) is 0. The molecular weight excluding hydrogens is 292 g/mol. The zero-order chi connectivity index (χ0) is 16.0. The van der Waals surface area contributed by atoms with E-state index in [1.807, 2.05) is 16.7 Å². The van der Waals surface area contributed by atoms with Gasteiger partial charge >= 0.3 is 0 Å². The van der Waals surface area contributed by atoms with Gasteiger partial charge in [0.2, 0.25) is 5.95 Å². The van der Waals surface area contributed by atoms with Gasteiger partial charge in [-0.25, -0.2) is 0 Å². The summed E-state index contributed by atoms with van der Waals surface area (Å²) < 4.78 is 7.79. The highest BCUT2D eigenvalue weighted by atomic mass is 16.5. The monoisotopic (exact) mass is 312 g/mol. The molecule has 23 heavy (non-hydrogen) atoms. The number of ether oxygens (including phenoxy) is 1. The normalized spacial score (nSPS) is 18.0. The van der Waals surface area contributed by atoms with E-state index in [9.17, 15) is 4.79 Å². The van der Waals surface area contributed by atoms with Gasteiger partial charge in [0.15, 0.2) is 0 Å². The maximum absolute atomic E-state index is 12.7. The molecule has 0 spiro atoms. The molecule has 1 amide bonds. The summed E-state index contributed by atoms with van der Waals surface area (Å²) in [6.45, 7) is 5.69. The third-order valence-corrected chi connectivity index (χ3v) is 4.65. The van der Waals surface area contributed by atoms with Crippen LogP contribution in [0.15, 0.2) is 18.2 Å². The fraction of sp³-hybridized carbons (Fsp3) is 0.471. The molecule has 0 unspecified atom stereocenters. The van der Waals surface area contributed by atoms with Gasteiger partial charge in [-0.15, -0.1) is 10.2 Å². The van der Waals surface area contributed by atoms with Crippen LogP contribution in [0.1, 0.15) is 48.4 Å². The molecule has 120 valence electrons. The highest BCUT2D eigenvalue weighted by Crippen LogP contribution is 2.40. The van der Waals surface area contributed by atoms with E-state index in [0.29, 0.717) is 23.9 Å². The van der Waals surface area contributed by atoms with E-state index in [1.165, 1.54) is 0 Å². The van der Waals surface area contributed by atoms with E-state index >= 15 is 0 Å². The second kappa shape index (κ2) is 5.08. The molecule has 1 aromatic heterocycles. The molecule has 0 fully saturated rings. The first-order chi connectivity index (χ1) is 11.1. The number of hydrogen-bond donors (Lipinski definition) is 1. The second-order valence-electron chi connectivity index (χ2n) is 6.86. The highest BCUT2D eigenvalue weighted by molar-refractivity contribution is 6.05. The Labute approximate surface area is 134 Å². The van der Waals surface area contributed by atoms with Gasteiger partial charge in [0.25, 0.3) is 5.91 Å². The third kappa shape index (κ3) is 2.29. The van der Waals surface area contributed by atoms with Crippen molar-refractivity contribution in [2.45, 2.75) is 45.1 Å². The largest absolute Gasteiger partial charge is 0.492 e. The van der Waals surface area contributed by atoms with Crippen LogP contribution in [0.2, 0.25) is 0 Å². The highest BCUT2D eigenvalue weighted by Gasteiger charge is 2.34. The van der Waals surface area contributed by atoms with Crippen LogP contribution in [0.5, 0.6) is 5.75 Å². The minimum Gasteiger partial charge on any atom is -0.492 e. The first-order valence-electron chi connectivity index (χ1n) is 8.06. The molecule has 0 bridgehead atoms. The van der Waals surface area contributed by atoms with Gasteiger partial charge in [-0.3, -0.25) is 14.7 Å². The summed E-state index contributed by atoms with van der Waals surface area (Å²) in [4.78, 5) is 12.7. The number of aromatic nitrogens is 3. The Morgan fingerprint density at radius 2 is 2.17 bits per heavy atom. The molecule has 6 nitrogen and oxygen atoms in total. The molecule has 1 aromatic carbocycles. The number of carbonyl (C=O) groups is 1. The van der Waals surface area contributed by atoms with Crippen molar-refractivity contribution < 1.29 is 9.53 Å². The first kappa shape index (κ1) is 14.2. The van der Waals surface area contributed by atoms with Gasteiger partial charge in [0, 0.05) is 23.9 Å². The Bertz CT molecular complexity index is 779. The predicted molar refractivity (Wildman–Crippen MR) is 85.9 cm³/mol.